The highest BCUT2D eigenvalue weighted by Crippen LogP contribution is 2.22. The quantitative estimate of drug-likeness (QED) is 0.835. The van der Waals surface area contributed by atoms with Gasteiger partial charge in [-0.2, -0.15) is 4.31 Å². The van der Waals surface area contributed by atoms with Crippen LogP contribution < -0.4 is 0 Å². The lowest BCUT2D eigenvalue weighted by molar-refractivity contribution is -0.0440. The van der Waals surface area contributed by atoms with Gasteiger partial charge in [0, 0.05) is 13.1 Å². The molecular formula is C13H18FNO3S. The van der Waals surface area contributed by atoms with Crippen LogP contribution in [0, 0.1) is 12.7 Å². The molecule has 1 aliphatic heterocycles. The lowest BCUT2D eigenvalue weighted by Gasteiger charge is -2.34. The van der Waals surface area contributed by atoms with Crippen LogP contribution in [0.3, 0.4) is 0 Å². The molecule has 1 heterocycles. The zero-order valence-electron chi connectivity index (χ0n) is 11.3. The summed E-state index contributed by atoms with van der Waals surface area (Å²) in [6.45, 7) is 5.88. The lowest BCUT2D eigenvalue weighted by atomic mass is 10.2. The number of sulfonamides is 1. The average Bonchev–Trinajstić information content (AvgIpc) is 2.31. The van der Waals surface area contributed by atoms with Crippen molar-refractivity contribution in [3.05, 3.63) is 29.6 Å². The Morgan fingerprint density at radius 3 is 2.37 bits per heavy atom. The number of ether oxygens (including phenoxy) is 1. The molecule has 1 saturated heterocycles. The molecule has 2 rings (SSSR count). The third-order valence-electron chi connectivity index (χ3n) is 3.15. The molecule has 4 nitrogen and oxygen atoms in total. The first-order chi connectivity index (χ1) is 8.80. The molecule has 0 aliphatic carbocycles. The summed E-state index contributed by atoms with van der Waals surface area (Å²) in [6, 6.07) is 3.87. The fraction of sp³-hybridized carbons (Fsp3) is 0.538. The summed E-state index contributed by atoms with van der Waals surface area (Å²) in [6.07, 6.45) is -0.278. The van der Waals surface area contributed by atoms with E-state index in [-0.39, 0.29) is 17.1 Å². The standard InChI is InChI=1S/C13H18FNO3S/c1-9-6-12(4-5-13(9)14)19(16,17)15-7-10(2)18-11(3)8-15/h4-6,10-11H,7-8H2,1-3H3/t10-,11-/m1/s1. The Morgan fingerprint density at radius 1 is 1.26 bits per heavy atom. The number of halogens is 1. The predicted molar refractivity (Wildman–Crippen MR) is 69.9 cm³/mol. The van der Waals surface area contributed by atoms with Gasteiger partial charge in [-0.1, -0.05) is 0 Å². The maximum Gasteiger partial charge on any atom is 0.243 e. The molecule has 0 spiro atoms. The number of hydrogen-bond donors (Lipinski definition) is 0. The lowest BCUT2D eigenvalue weighted by Crippen LogP contribution is -2.48. The van der Waals surface area contributed by atoms with Gasteiger partial charge in [-0.25, -0.2) is 12.8 Å². The van der Waals surface area contributed by atoms with Gasteiger partial charge in [0.15, 0.2) is 0 Å². The first kappa shape index (κ1) is 14.4. The first-order valence-corrected chi connectivity index (χ1v) is 7.66. The minimum absolute atomic E-state index is 0.132. The van der Waals surface area contributed by atoms with Crippen LogP contribution in [0.5, 0.6) is 0 Å². The summed E-state index contributed by atoms with van der Waals surface area (Å²) in [7, 11) is -3.58. The van der Waals surface area contributed by atoms with Crippen LogP contribution in [0.2, 0.25) is 0 Å². The molecule has 19 heavy (non-hydrogen) atoms. The minimum Gasteiger partial charge on any atom is -0.373 e. The summed E-state index contributed by atoms with van der Waals surface area (Å²) in [5.74, 6) is -0.400. The summed E-state index contributed by atoms with van der Waals surface area (Å²) in [4.78, 5) is 0.132. The van der Waals surface area contributed by atoms with Crippen LogP contribution in [0.4, 0.5) is 4.39 Å². The van der Waals surface area contributed by atoms with Crippen molar-refractivity contribution in [3.8, 4) is 0 Å². The highest BCUT2D eigenvalue weighted by atomic mass is 32.2. The summed E-state index contributed by atoms with van der Waals surface area (Å²) in [5.41, 5.74) is 0.329. The summed E-state index contributed by atoms with van der Waals surface area (Å²) < 4.78 is 45.1. The highest BCUT2D eigenvalue weighted by Gasteiger charge is 2.32. The molecule has 6 heteroatoms. The Bertz CT molecular complexity index is 563. The maximum absolute atomic E-state index is 13.2. The van der Waals surface area contributed by atoms with E-state index in [1.54, 1.807) is 6.92 Å². The third-order valence-corrected chi connectivity index (χ3v) is 4.98. The van der Waals surface area contributed by atoms with Gasteiger partial charge in [-0.3, -0.25) is 0 Å². The second-order valence-electron chi connectivity index (χ2n) is 4.99. The molecule has 1 fully saturated rings. The summed E-state index contributed by atoms with van der Waals surface area (Å²) >= 11 is 0. The first-order valence-electron chi connectivity index (χ1n) is 6.22. The van der Waals surface area contributed by atoms with Crippen LogP contribution in [-0.4, -0.2) is 38.0 Å². The van der Waals surface area contributed by atoms with Crippen LogP contribution >= 0.6 is 0 Å². The van der Waals surface area contributed by atoms with Gasteiger partial charge in [-0.15, -0.1) is 0 Å². The Hall–Kier alpha value is -0.980. The van der Waals surface area contributed by atoms with E-state index in [9.17, 15) is 12.8 Å². The van der Waals surface area contributed by atoms with E-state index in [2.05, 4.69) is 0 Å². The molecule has 0 N–H and O–H groups in total. The van der Waals surface area contributed by atoms with Gasteiger partial charge in [0.1, 0.15) is 5.82 Å². The summed E-state index contributed by atoms with van der Waals surface area (Å²) in [5, 5.41) is 0. The number of nitrogens with zero attached hydrogens (tertiary/aromatic N) is 1. The van der Waals surface area contributed by atoms with Gasteiger partial charge < -0.3 is 4.74 Å². The third kappa shape index (κ3) is 2.96. The monoisotopic (exact) mass is 287 g/mol. The SMILES string of the molecule is Cc1cc(S(=O)(=O)N2C[C@@H](C)O[C@H](C)C2)ccc1F. The van der Waals surface area contributed by atoms with Gasteiger partial charge in [0.2, 0.25) is 10.0 Å². The second-order valence-corrected chi connectivity index (χ2v) is 6.93. The van der Waals surface area contributed by atoms with E-state index in [1.165, 1.54) is 22.5 Å². The van der Waals surface area contributed by atoms with E-state index in [0.29, 0.717) is 18.7 Å². The predicted octanol–water partition coefficient (Wildman–Crippen LogP) is 1.93. The van der Waals surface area contributed by atoms with Crippen LogP contribution in [-0.2, 0) is 14.8 Å². The molecule has 0 unspecified atom stereocenters. The number of morpholine rings is 1. The van der Waals surface area contributed by atoms with Gasteiger partial charge >= 0.3 is 0 Å². The molecule has 0 aromatic heterocycles. The molecule has 0 radical (unpaired) electrons. The molecular weight excluding hydrogens is 269 g/mol. The van der Waals surface area contributed by atoms with Crippen LogP contribution in [0.15, 0.2) is 23.1 Å². The van der Waals surface area contributed by atoms with Gasteiger partial charge in [0.05, 0.1) is 17.1 Å². The van der Waals surface area contributed by atoms with E-state index in [0.717, 1.165) is 0 Å². The second kappa shape index (κ2) is 5.19. The zero-order valence-corrected chi connectivity index (χ0v) is 12.1. The molecule has 106 valence electrons. The Balaban J connectivity index is 2.33. The fourth-order valence-electron chi connectivity index (χ4n) is 2.25. The number of hydrogen-bond acceptors (Lipinski definition) is 3. The molecule has 0 amide bonds. The Labute approximate surface area is 113 Å². The topological polar surface area (TPSA) is 46.6 Å². The van der Waals surface area contributed by atoms with Crippen molar-refractivity contribution in [3.63, 3.8) is 0 Å². The molecule has 0 saturated carbocycles. The van der Waals surface area contributed by atoms with Crippen molar-refractivity contribution in [2.24, 2.45) is 0 Å². The molecule has 1 aromatic rings. The average molecular weight is 287 g/mol. The smallest absolute Gasteiger partial charge is 0.243 e. The minimum atomic E-state index is -3.58. The Kier molecular flexibility index (Phi) is 3.94. The van der Waals surface area contributed by atoms with Crippen LogP contribution in [0.1, 0.15) is 19.4 Å². The van der Waals surface area contributed by atoms with Crippen molar-refractivity contribution in [2.75, 3.05) is 13.1 Å². The van der Waals surface area contributed by atoms with Crippen LogP contribution in [0.25, 0.3) is 0 Å². The number of aryl methyl sites for hydroxylation is 1. The van der Waals surface area contributed by atoms with Gasteiger partial charge in [-0.05, 0) is 44.5 Å². The molecule has 1 aromatic carbocycles. The zero-order chi connectivity index (χ0) is 14.2. The Morgan fingerprint density at radius 2 is 1.84 bits per heavy atom. The van der Waals surface area contributed by atoms with Crippen molar-refractivity contribution < 1.29 is 17.5 Å². The van der Waals surface area contributed by atoms with E-state index < -0.39 is 15.8 Å². The van der Waals surface area contributed by atoms with E-state index in [4.69, 9.17) is 4.74 Å². The van der Waals surface area contributed by atoms with Crippen molar-refractivity contribution >= 4 is 10.0 Å². The maximum atomic E-state index is 13.2. The van der Waals surface area contributed by atoms with E-state index in [1.807, 2.05) is 13.8 Å². The van der Waals surface area contributed by atoms with E-state index >= 15 is 0 Å². The highest BCUT2D eigenvalue weighted by molar-refractivity contribution is 7.89. The van der Waals surface area contributed by atoms with Crippen molar-refractivity contribution in [1.82, 2.24) is 4.31 Å². The number of rotatable bonds is 2. The van der Waals surface area contributed by atoms with Gasteiger partial charge in [0.25, 0.3) is 0 Å². The normalized spacial score (nSPS) is 25.5. The molecule has 2 atom stereocenters. The fourth-order valence-corrected chi connectivity index (χ4v) is 3.93. The van der Waals surface area contributed by atoms with Crippen molar-refractivity contribution in [1.29, 1.82) is 0 Å². The largest absolute Gasteiger partial charge is 0.373 e. The number of benzene rings is 1. The van der Waals surface area contributed by atoms with Crippen molar-refractivity contribution in [2.45, 2.75) is 37.9 Å². The molecule has 0 bridgehead atoms. The molecule has 1 aliphatic rings.